The number of carbonyl (C=O) groups excluding carboxylic acids is 2. The summed E-state index contributed by atoms with van der Waals surface area (Å²) in [6.45, 7) is 3.92. The molecule has 5 rings (SSSR count). The fourth-order valence-electron chi connectivity index (χ4n) is 5.36. The molecule has 0 saturated heterocycles. The Kier molecular flexibility index (Phi) is 7.49. The molecule has 38 heavy (non-hydrogen) atoms. The van der Waals surface area contributed by atoms with Crippen molar-refractivity contribution < 1.29 is 18.4 Å². The van der Waals surface area contributed by atoms with Gasteiger partial charge < -0.3 is 20.5 Å². The first-order chi connectivity index (χ1) is 18.2. The molecule has 0 radical (unpaired) electrons. The van der Waals surface area contributed by atoms with Crippen molar-refractivity contribution in [1.82, 2.24) is 20.2 Å². The highest BCUT2D eigenvalue weighted by molar-refractivity contribution is 6.33. The van der Waals surface area contributed by atoms with Crippen molar-refractivity contribution in [2.24, 2.45) is 5.92 Å². The average molecular weight is 542 g/mol. The predicted molar refractivity (Wildman–Crippen MR) is 142 cm³/mol. The summed E-state index contributed by atoms with van der Waals surface area (Å²) in [5, 5.41) is 9.59. The molecule has 10 heteroatoms. The Bertz CT molecular complexity index is 1310. The van der Waals surface area contributed by atoms with E-state index >= 15 is 0 Å². The number of alkyl halides is 2. The van der Waals surface area contributed by atoms with Gasteiger partial charge in [0.05, 0.1) is 5.02 Å². The van der Waals surface area contributed by atoms with Crippen LogP contribution in [-0.2, 0) is 17.9 Å². The van der Waals surface area contributed by atoms with Crippen LogP contribution in [0.25, 0.3) is 11.1 Å². The van der Waals surface area contributed by atoms with Crippen LogP contribution >= 0.6 is 11.6 Å². The number of aromatic nitrogens is 2. The number of carbonyl (C=O) groups is 2. The molecule has 1 atom stereocenters. The van der Waals surface area contributed by atoms with Crippen LogP contribution < -0.4 is 16.0 Å². The van der Waals surface area contributed by atoms with E-state index in [2.05, 4.69) is 20.9 Å². The monoisotopic (exact) mass is 541 g/mol. The Morgan fingerprint density at radius 1 is 1.13 bits per heavy atom. The largest absolute Gasteiger partial charge is 0.339 e. The fraction of sp³-hybridized carbons (Fsp3) is 0.393. The molecule has 1 fully saturated rings. The Morgan fingerprint density at radius 2 is 1.87 bits per heavy atom. The molecule has 0 spiro atoms. The third-order valence-electron chi connectivity index (χ3n) is 7.46. The third kappa shape index (κ3) is 5.59. The first-order valence-electron chi connectivity index (χ1n) is 12.8. The van der Waals surface area contributed by atoms with Crippen molar-refractivity contribution in [3.05, 3.63) is 70.8 Å². The highest BCUT2D eigenvalue weighted by Crippen LogP contribution is 2.38. The first kappa shape index (κ1) is 26.3. The van der Waals surface area contributed by atoms with Gasteiger partial charge in [0.25, 0.3) is 5.91 Å². The Morgan fingerprint density at radius 3 is 2.58 bits per heavy atom. The summed E-state index contributed by atoms with van der Waals surface area (Å²) in [4.78, 5) is 31.0. The van der Waals surface area contributed by atoms with Gasteiger partial charge in [-0.3, -0.25) is 14.6 Å². The van der Waals surface area contributed by atoms with Gasteiger partial charge in [0.15, 0.2) is 0 Å². The third-order valence-corrected chi connectivity index (χ3v) is 7.77. The van der Waals surface area contributed by atoms with E-state index in [1.165, 1.54) is 0 Å². The molecule has 1 aliphatic heterocycles. The minimum Gasteiger partial charge on any atom is -0.339 e. The number of benzene rings is 1. The molecule has 3 aromatic rings. The van der Waals surface area contributed by atoms with Crippen LogP contribution in [0, 0.1) is 12.8 Å². The first-order valence-corrected chi connectivity index (χ1v) is 13.2. The maximum absolute atomic E-state index is 13.9. The van der Waals surface area contributed by atoms with Gasteiger partial charge in [-0.25, -0.2) is 8.78 Å². The predicted octanol–water partition coefficient (Wildman–Crippen LogP) is 5.18. The lowest BCUT2D eigenvalue weighted by Gasteiger charge is -2.33. The number of amides is 2. The van der Waals surface area contributed by atoms with Crippen LogP contribution in [0.5, 0.6) is 0 Å². The molecule has 200 valence electrons. The molecule has 0 bridgehead atoms. The van der Waals surface area contributed by atoms with Gasteiger partial charge in [0.2, 0.25) is 11.8 Å². The zero-order valence-electron chi connectivity index (χ0n) is 21.1. The number of rotatable bonds is 6. The molecule has 3 heterocycles. The Hall–Kier alpha value is -3.30. The summed E-state index contributed by atoms with van der Waals surface area (Å²) in [6, 6.07) is 11.6. The summed E-state index contributed by atoms with van der Waals surface area (Å²) < 4.78 is 29.7. The molecule has 7 nitrogen and oxygen atoms in total. The lowest BCUT2D eigenvalue weighted by Crippen LogP contribution is -2.50. The van der Waals surface area contributed by atoms with Gasteiger partial charge in [0.1, 0.15) is 11.7 Å². The van der Waals surface area contributed by atoms with E-state index in [0.29, 0.717) is 29.5 Å². The molecule has 2 amide bonds. The van der Waals surface area contributed by atoms with E-state index in [-0.39, 0.29) is 31.6 Å². The van der Waals surface area contributed by atoms with Crippen molar-refractivity contribution in [3.8, 4) is 11.1 Å². The van der Waals surface area contributed by atoms with Gasteiger partial charge in [-0.05, 0) is 61.6 Å². The highest BCUT2D eigenvalue weighted by Gasteiger charge is 2.40. The smallest absolute Gasteiger partial charge is 0.268 e. The van der Waals surface area contributed by atoms with Gasteiger partial charge in [-0.2, -0.15) is 0 Å². The summed E-state index contributed by atoms with van der Waals surface area (Å²) in [7, 11) is 0. The van der Waals surface area contributed by atoms with Crippen LogP contribution in [0.2, 0.25) is 5.02 Å². The zero-order valence-corrected chi connectivity index (χ0v) is 21.8. The second-order valence-electron chi connectivity index (χ2n) is 10.0. The topological polar surface area (TPSA) is 88.1 Å². The van der Waals surface area contributed by atoms with Crippen LogP contribution in [0.4, 0.5) is 14.5 Å². The van der Waals surface area contributed by atoms with E-state index in [4.69, 9.17) is 11.6 Å². The van der Waals surface area contributed by atoms with E-state index in [1.54, 1.807) is 30.5 Å². The van der Waals surface area contributed by atoms with Crippen molar-refractivity contribution >= 4 is 29.1 Å². The summed E-state index contributed by atoms with van der Waals surface area (Å²) in [6.07, 6.45) is 1.34. The number of nitrogens with one attached hydrogen (secondary N) is 3. The van der Waals surface area contributed by atoms with E-state index in [1.807, 2.05) is 29.7 Å². The number of hydrogen-bond acceptors (Lipinski definition) is 4. The van der Waals surface area contributed by atoms with Gasteiger partial charge in [-0.1, -0.05) is 23.7 Å². The van der Waals surface area contributed by atoms with Gasteiger partial charge in [0, 0.05) is 61.3 Å². The number of fused-ring (bicyclic) bond motifs is 1. The number of anilines is 1. The lowest BCUT2D eigenvalue weighted by atomic mass is 9.81. The van der Waals surface area contributed by atoms with Crippen molar-refractivity contribution in [1.29, 1.82) is 0 Å². The number of pyridine rings is 1. The number of aryl methyl sites for hydroxylation is 1. The molecule has 2 aliphatic rings. The Balaban J connectivity index is 1.35. The van der Waals surface area contributed by atoms with Gasteiger partial charge in [-0.15, -0.1) is 0 Å². The van der Waals surface area contributed by atoms with Crippen LogP contribution in [0.3, 0.4) is 0 Å². The lowest BCUT2D eigenvalue weighted by molar-refractivity contribution is -0.121. The van der Waals surface area contributed by atoms with Crippen molar-refractivity contribution in [3.63, 3.8) is 0 Å². The van der Waals surface area contributed by atoms with Crippen molar-refractivity contribution in [2.45, 2.75) is 57.7 Å². The van der Waals surface area contributed by atoms with Crippen molar-refractivity contribution in [2.75, 3.05) is 11.9 Å². The maximum atomic E-state index is 13.9. The average Bonchev–Trinajstić information content (AvgIpc) is 3.33. The molecule has 3 N–H and O–H groups in total. The van der Waals surface area contributed by atoms with Crippen LogP contribution in [0.1, 0.15) is 47.6 Å². The number of hydrogen-bond donors (Lipinski definition) is 3. The maximum Gasteiger partial charge on any atom is 0.268 e. The highest BCUT2D eigenvalue weighted by atomic mass is 35.5. The quantitative estimate of drug-likeness (QED) is 0.401. The van der Waals surface area contributed by atoms with Gasteiger partial charge >= 0.3 is 0 Å². The standard InChI is InChI=1S/C28H30ClF2N5O2/c1-17-24(22(29)10-13-33-17)18-2-4-20(5-3-18)34-27(38)25(19-8-11-28(30,31)12-9-19)35-26(37)23-7-6-21-16-32-14-15-36(21)23/h2-7,10,13,19,25,32H,8-9,11-12,14-16H2,1H3,(H,34,38)(H,35,37)/t25-/m0/s1. The molecule has 0 unspecified atom stereocenters. The second-order valence-corrected chi connectivity index (χ2v) is 10.4. The normalized spacial score (nSPS) is 17.9. The fourth-order valence-corrected chi connectivity index (χ4v) is 5.67. The molecule has 1 saturated carbocycles. The zero-order chi connectivity index (χ0) is 26.9. The summed E-state index contributed by atoms with van der Waals surface area (Å²) >= 11 is 6.36. The molecule has 2 aromatic heterocycles. The SMILES string of the molecule is Cc1nccc(Cl)c1-c1ccc(NC(=O)[C@@H](NC(=O)c2ccc3n2CCNC3)C2CCC(F)(F)CC2)cc1. The second kappa shape index (κ2) is 10.8. The minimum atomic E-state index is -2.74. The van der Waals surface area contributed by atoms with E-state index in [0.717, 1.165) is 29.1 Å². The Labute approximate surface area is 225 Å². The van der Waals surface area contributed by atoms with Crippen LogP contribution in [-0.4, -0.2) is 39.9 Å². The van der Waals surface area contributed by atoms with Crippen LogP contribution in [0.15, 0.2) is 48.7 Å². The van der Waals surface area contributed by atoms with E-state index in [9.17, 15) is 18.4 Å². The number of nitrogens with zero attached hydrogens (tertiary/aromatic N) is 2. The van der Waals surface area contributed by atoms with E-state index < -0.39 is 23.8 Å². The molecule has 1 aliphatic carbocycles. The molecule has 1 aromatic carbocycles. The molecular formula is C28H30ClF2N5O2. The molecular weight excluding hydrogens is 512 g/mol. The minimum absolute atomic E-state index is 0.152. The summed E-state index contributed by atoms with van der Waals surface area (Å²) in [5.74, 6) is -3.94. The number of halogens is 3. The summed E-state index contributed by atoms with van der Waals surface area (Å²) in [5.41, 5.74) is 4.44.